The van der Waals surface area contributed by atoms with Crippen LogP contribution in [0.5, 0.6) is 0 Å². The van der Waals surface area contributed by atoms with Crippen LogP contribution < -0.4 is 4.90 Å². The molecule has 1 spiro atoms. The monoisotopic (exact) mass is 570 g/mol. The molecule has 7 atom stereocenters. The molecule has 0 aromatic heterocycles. The van der Waals surface area contributed by atoms with Gasteiger partial charge < -0.3 is 20.0 Å². The van der Waals surface area contributed by atoms with Gasteiger partial charge in [-0.25, -0.2) is 0 Å². The number of fused-ring (bicyclic) bond motifs is 2. The molecule has 6 rings (SSSR count). The lowest BCUT2D eigenvalue weighted by Gasteiger charge is -2.42. The number of hydrogen-bond donors (Lipinski definition) is 2. The summed E-state index contributed by atoms with van der Waals surface area (Å²) >= 11 is 1.51. The standard InChI is InChI=1S/C33H34N2O5S/c1-3-15-34(24-14-13-22-11-7-8-12-23(22)18-24)31(38)29-33-20(2)16-26(41-33)27(32(39)40)28(33)30(37)35(29)25(19-36)17-21-9-5-4-6-10-21/h3-14,18,20,25-29,36H,1,15-17,19H2,2H3,(H,39,40)/t20?,25-,26+,27-,28+,29?,33?/m1/s1. The highest BCUT2D eigenvalue weighted by Crippen LogP contribution is 2.69. The molecule has 0 radical (unpaired) electrons. The number of benzene rings is 3. The third kappa shape index (κ3) is 4.27. The van der Waals surface area contributed by atoms with E-state index in [9.17, 15) is 24.6 Å². The number of carbonyl (C=O) groups is 3. The fourth-order valence-corrected chi connectivity index (χ4v) is 9.89. The van der Waals surface area contributed by atoms with Crippen molar-refractivity contribution < 1.29 is 24.6 Å². The van der Waals surface area contributed by atoms with E-state index >= 15 is 0 Å². The zero-order chi connectivity index (χ0) is 28.9. The highest BCUT2D eigenvalue weighted by molar-refractivity contribution is 8.02. The van der Waals surface area contributed by atoms with Crippen LogP contribution in [0.1, 0.15) is 18.9 Å². The van der Waals surface area contributed by atoms with Crippen LogP contribution in [0.3, 0.4) is 0 Å². The summed E-state index contributed by atoms with van der Waals surface area (Å²) < 4.78 is -0.901. The maximum absolute atomic E-state index is 14.9. The molecule has 3 saturated heterocycles. The molecule has 0 aliphatic carbocycles. The predicted molar refractivity (Wildman–Crippen MR) is 161 cm³/mol. The Hall–Kier alpha value is -3.62. The summed E-state index contributed by atoms with van der Waals surface area (Å²) in [6, 6.07) is 21.7. The van der Waals surface area contributed by atoms with Crippen LogP contribution in [0.25, 0.3) is 10.8 Å². The molecular weight excluding hydrogens is 536 g/mol. The lowest BCUT2D eigenvalue weighted by molar-refractivity contribution is -0.149. The van der Waals surface area contributed by atoms with E-state index in [4.69, 9.17) is 0 Å². The van der Waals surface area contributed by atoms with Crippen molar-refractivity contribution in [1.29, 1.82) is 0 Å². The Morgan fingerprint density at radius 2 is 1.83 bits per heavy atom. The lowest BCUT2D eigenvalue weighted by Crippen LogP contribution is -2.59. The zero-order valence-electron chi connectivity index (χ0n) is 22.9. The second-order valence-electron chi connectivity index (χ2n) is 11.4. The van der Waals surface area contributed by atoms with Gasteiger partial charge in [0.05, 0.1) is 29.2 Å². The van der Waals surface area contributed by atoms with Crippen molar-refractivity contribution in [2.45, 2.75) is 41.8 Å². The highest BCUT2D eigenvalue weighted by Gasteiger charge is 2.77. The fraction of sp³-hybridized carbons (Fsp3) is 0.364. The first kappa shape index (κ1) is 27.5. The van der Waals surface area contributed by atoms with Crippen molar-refractivity contribution in [3.8, 4) is 0 Å². The van der Waals surface area contributed by atoms with Crippen LogP contribution in [0.15, 0.2) is 85.5 Å². The van der Waals surface area contributed by atoms with Gasteiger partial charge in [0.15, 0.2) is 0 Å². The molecule has 3 unspecified atom stereocenters. The van der Waals surface area contributed by atoms with Gasteiger partial charge in [-0.1, -0.05) is 73.7 Å². The molecule has 3 heterocycles. The van der Waals surface area contributed by atoms with Gasteiger partial charge >= 0.3 is 5.97 Å². The molecule has 0 saturated carbocycles. The van der Waals surface area contributed by atoms with E-state index in [0.29, 0.717) is 18.5 Å². The van der Waals surface area contributed by atoms with E-state index in [0.717, 1.165) is 16.3 Å². The summed E-state index contributed by atoms with van der Waals surface area (Å²) in [5.74, 6) is -3.37. The average Bonchev–Trinajstić information content (AvgIpc) is 3.58. The number of carboxylic acids is 1. The van der Waals surface area contributed by atoms with Gasteiger partial charge in [0.1, 0.15) is 6.04 Å². The third-order valence-corrected chi connectivity index (χ3v) is 11.3. The molecule has 212 valence electrons. The van der Waals surface area contributed by atoms with Gasteiger partial charge in [-0.05, 0) is 47.2 Å². The number of aliphatic hydroxyl groups is 1. The van der Waals surface area contributed by atoms with E-state index in [1.165, 1.54) is 11.8 Å². The molecule has 3 aromatic rings. The fourth-order valence-electron chi connectivity index (χ4n) is 7.50. The van der Waals surface area contributed by atoms with Gasteiger partial charge in [-0.15, -0.1) is 18.3 Å². The van der Waals surface area contributed by atoms with Crippen LogP contribution in [-0.2, 0) is 20.8 Å². The summed E-state index contributed by atoms with van der Waals surface area (Å²) in [6.45, 7) is 5.82. The molecular formula is C33H34N2O5S. The van der Waals surface area contributed by atoms with E-state index in [2.05, 4.69) is 6.58 Å². The summed E-state index contributed by atoms with van der Waals surface area (Å²) in [4.78, 5) is 45.0. The highest BCUT2D eigenvalue weighted by atomic mass is 32.2. The first-order chi connectivity index (χ1) is 19.8. The first-order valence-electron chi connectivity index (χ1n) is 14.1. The van der Waals surface area contributed by atoms with Crippen molar-refractivity contribution in [1.82, 2.24) is 4.90 Å². The van der Waals surface area contributed by atoms with Crippen molar-refractivity contribution in [2.75, 3.05) is 18.1 Å². The molecule has 8 heteroatoms. The number of carboxylic acid groups (broad SMARTS) is 1. The van der Waals surface area contributed by atoms with Crippen LogP contribution in [0, 0.1) is 17.8 Å². The van der Waals surface area contributed by atoms with E-state index in [1.807, 2.05) is 79.7 Å². The van der Waals surface area contributed by atoms with Gasteiger partial charge in [0.2, 0.25) is 5.91 Å². The number of aliphatic hydroxyl groups excluding tert-OH is 1. The number of anilines is 1. The topological polar surface area (TPSA) is 98.2 Å². The molecule has 2 N–H and O–H groups in total. The largest absolute Gasteiger partial charge is 0.481 e. The van der Waals surface area contributed by atoms with Crippen LogP contribution >= 0.6 is 11.8 Å². The van der Waals surface area contributed by atoms with E-state index < -0.39 is 34.6 Å². The molecule has 3 aliphatic heterocycles. The molecule has 2 amide bonds. The number of likely N-dealkylation sites (tertiary alicyclic amines) is 1. The SMILES string of the molecule is C=CCN(C(=O)C1N([C@@H](CO)Cc2ccccc2)C(=O)[C@@H]2[C@H](C(=O)O)[C@@H]3CC(C)C12S3)c1ccc2ccccc2c1. The number of nitrogens with zero attached hydrogens (tertiary/aromatic N) is 2. The summed E-state index contributed by atoms with van der Waals surface area (Å²) in [5.41, 5.74) is 1.61. The normalized spacial score (nSPS) is 29.0. The Morgan fingerprint density at radius 1 is 1.12 bits per heavy atom. The van der Waals surface area contributed by atoms with Crippen LogP contribution in [0.2, 0.25) is 0 Å². The van der Waals surface area contributed by atoms with Crippen molar-refractivity contribution in [3.05, 3.63) is 91.0 Å². The smallest absolute Gasteiger partial charge is 0.308 e. The number of aliphatic carboxylic acids is 1. The number of carbonyl (C=O) groups excluding carboxylic acids is 2. The average molecular weight is 571 g/mol. The molecule has 7 nitrogen and oxygen atoms in total. The molecule has 2 bridgehead atoms. The Kier molecular flexibility index (Phi) is 7.16. The van der Waals surface area contributed by atoms with E-state index in [-0.39, 0.29) is 36.1 Å². The van der Waals surface area contributed by atoms with Crippen LogP contribution in [0.4, 0.5) is 5.69 Å². The van der Waals surface area contributed by atoms with Crippen molar-refractivity contribution in [3.63, 3.8) is 0 Å². The number of amides is 2. The lowest BCUT2D eigenvalue weighted by atomic mass is 9.66. The molecule has 3 aromatic carbocycles. The van der Waals surface area contributed by atoms with Gasteiger partial charge in [-0.2, -0.15) is 0 Å². The number of thioether (sulfide) groups is 1. The second-order valence-corrected chi connectivity index (χ2v) is 13.0. The van der Waals surface area contributed by atoms with Crippen LogP contribution in [-0.4, -0.2) is 68.1 Å². The zero-order valence-corrected chi connectivity index (χ0v) is 23.7. The maximum Gasteiger partial charge on any atom is 0.308 e. The van der Waals surface area contributed by atoms with Crippen molar-refractivity contribution >= 4 is 46.0 Å². The number of rotatable bonds is 9. The van der Waals surface area contributed by atoms with Gasteiger partial charge in [0, 0.05) is 17.5 Å². The predicted octanol–water partition coefficient (Wildman–Crippen LogP) is 4.38. The Balaban J connectivity index is 1.48. The summed E-state index contributed by atoms with van der Waals surface area (Å²) in [5, 5.41) is 22.7. The molecule has 41 heavy (non-hydrogen) atoms. The Morgan fingerprint density at radius 3 is 2.51 bits per heavy atom. The van der Waals surface area contributed by atoms with Crippen molar-refractivity contribution in [2.24, 2.45) is 17.8 Å². The Bertz CT molecular complexity index is 1510. The minimum absolute atomic E-state index is 0.0562. The number of hydrogen-bond acceptors (Lipinski definition) is 5. The maximum atomic E-state index is 14.9. The third-order valence-electron chi connectivity index (χ3n) is 9.24. The minimum Gasteiger partial charge on any atom is -0.481 e. The first-order valence-corrected chi connectivity index (χ1v) is 15.0. The Labute approximate surface area is 243 Å². The van der Waals surface area contributed by atoms with Gasteiger partial charge in [0.25, 0.3) is 5.91 Å². The summed E-state index contributed by atoms with van der Waals surface area (Å²) in [7, 11) is 0. The van der Waals surface area contributed by atoms with Gasteiger partial charge in [-0.3, -0.25) is 14.4 Å². The second kappa shape index (κ2) is 10.7. The minimum atomic E-state index is -0.997. The summed E-state index contributed by atoms with van der Waals surface area (Å²) in [6.07, 6.45) is 2.65. The molecule has 3 aliphatic rings. The molecule has 3 fully saturated rings. The van der Waals surface area contributed by atoms with E-state index in [1.54, 1.807) is 15.9 Å². The quantitative estimate of drug-likeness (QED) is 0.371.